The Morgan fingerprint density at radius 3 is 2.41 bits per heavy atom. The Balaban J connectivity index is 1.38. The second-order valence-corrected chi connectivity index (χ2v) is 7.88. The number of halogens is 2. The van der Waals surface area contributed by atoms with E-state index in [1.54, 1.807) is 6.07 Å². The molecule has 1 heterocycles. The number of rotatable bonds is 7. The topological polar surface area (TPSA) is 41.6 Å². The first kappa shape index (κ1) is 21.2. The van der Waals surface area contributed by atoms with Gasteiger partial charge in [-0.25, -0.2) is 8.78 Å². The molecule has 2 aromatic rings. The van der Waals surface area contributed by atoms with Crippen molar-refractivity contribution in [3.63, 3.8) is 0 Å². The maximum Gasteiger partial charge on any atom is 0.258 e. The second kappa shape index (κ2) is 9.83. The average Bonchev–Trinajstić information content (AvgIpc) is 2.71. The third-order valence-electron chi connectivity index (χ3n) is 5.26. The Bertz CT molecular complexity index is 816. The third kappa shape index (κ3) is 6.26. The van der Waals surface area contributed by atoms with Crippen LogP contribution in [0.2, 0.25) is 0 Å². The summed E-state index contributed by atoms with van der Waals surface area (Å²) in [6, 6.07) is 11.9. The highest BCUT2D eigenvalue weighted by atomic mass is 19.2. The highest BCUT2D eigenvalue weighted by Crippen LogP contribution is 2.19. The van der Waals surface area contributed by atoms with E-state index >= 15 is 0 Å². The van der Waals surface area contributed by atoms with Gasteiger partial charge in [-0.05, 0) is 54.2 Å². The monoisotopic (exact) mass is 402 g/mol. The lowest BCUT2D eigenvalue weighted by Crippen LogP contribution is -2.45. The van der Waals surface area contributed by atoms with Crippen LogP contribution in [0.25, 0.3) is 0 Å². The van der Waals surface area contributed by atoms with Crippen molar-refractivity contribution < 1.29 is 18.3 Å². The fourth-order valence-corrected chi connectivity index (χ4v) is 3.50. The zero-order chi connectivity index (χ0) is 20.8. The van der Waals surface area contributed by atoms with Crippen molar-refractivity contribution in [1.82, 2.24) is 10.2 Å². The van der Waals surface area contributed by atoms with Crippen LogP contribution in [0.5, 0.6) is 5.75 Å². The zero-order valence-corrected chi connectivity index (χ0v) is 17.0. The van der Waals surface area contributed by atoms with Crippen molar-refractivity contribution in [2.45, 2.75) is 45.2 Å². The van der Waals surface area contributed by atoms with Crippen molar-refractivity contribution in [2.75, 3.05) is 19.7 Å². The summed E-state index contributed by atoms with van der Waals surface area (Å²) in [5.74, 6) is -0.625. The van der Waals surface area contributed by atoms with Crippen molar-refractivity contribution in [1.29, 1.82) is 0 Å². The molecular formula is C23H28F2N2O2. The number of ether oxygens (including phenoxy) is 1. The van der Waals surface area contributed by atoms with Gasteiger partial charge in [-0.3, -0.25) is 9.69 Å². The summed E-state index contributed by atoms with van der Waals surface area (Å²) in [7, 11) is 0. The summed E-state index contributed by atoms with van der Waals surface area (Å²) in [6.45, 7) is 6.42. The maximum atomic E-state index is 13.3. The quantitative estimate of drug-likeness (QED) is 0.753. The Morgan fingerprint density at radius 1 is 1.10 bits per heavy atom. The molecule has 0 aliphatic carbocycles. The van der Waals surface area contributed by atoms with E-state index in [1.165, 1.54) is 11.6 Å². The fourth-order valence-electron chi connectivity index (χ4n) is 3.50. The largest absolute Gasteiger partial charge is 0.484 e. The van der Waals surface area contributed by atoms with Crippen molar-refractivity contribution in [3.8, 4) is 5.75 Å². The molecule has 0 bridgehead atoms. The van der Waals surface area contributed by atoms with Crippen LogP contribution < -0.4 is 10.1 Å². The minimum absolute atomic E-state index is 0.00387. The van der Waals surface area contributed by atoms with Crippen LogP contribution in [0, 0.1) is 11.6 Å². The predicted molar refractivity (Wildman–Crippen MR) is 109 cm³/mol. The van der Waals surface area contributed by atoms with Crippen LogP contribution in [0.3, 0.4) is 0 Å². The number of likely N-dealkylation sites (tertiary alicyclic amines) is 1. The van der Waals surface area contributed by atoms with Gasteiger partial charge in [0, 0.05) is 25.7 Å². The Hall–Kier alpha value is -2.47. The molecule has 1 aliphatic heterocycles. The molecule has 1 aliphatic rings. The molecule has 0 saturated carbocycles. The van der Waals surface area contributed by atoms with Crippen LogP contribution >= 0.6 is 0 Å². The summed E-state index contributed by atoms with van der Waals surface area (Å²) in [5, 5.41) is 3.02. The van der Waals surface area contributed by atoms with Crippen molar-refractivity contribution >= 4 is 5.91 Å². The van der Waals surface area contributed by atoms with E-state index in [2.05, 4.69) is 24.1 Å². The van der Waals surface area contributed by atoms with E-state index in [0.29, 0.717) is 18.2 Å². The molecule has 4 nitrogen and oxygen atoms in total. The molecule has 0 radical (unpaired) electrons. The van der Waals surface area contributed by atoms with Crippen molar-refractivity contribution in [2.24, 2.45) is 0 Å². The first-order valence-electron chi connectivity index (χ1n) is 10.1. The minimum Gasteiger partial charge on any atom is -0.484 e. The SMILES string of the molecule is CC(C)c1ccc(OCC(=O)NC2CCN(Cc3ccc(F)c(F)c3)CC2)cc1. The van der Waals surface area contributed by atoms with Crippen LogP contribution in [0.15, 0.2) is 42.5 Å². The normalized spacial score (nSPS) is 15.5. The number of piperidine rings is 1. The third-order valence-corrected chi connectivity index (χ3v) is 5.26. The molecule has 0 aromatic heterocycles. The van der Waals surface area contributed by atoms with E-state index in [9.17, 15) is 13.6 Å². The molecule has 6 heteroatoms. The van der Waals surface area contributed by atoms with Gasteiger partial charge in [-0.1, -0.05) is 32.0 Å². The number of carbonyl (C=O) groups excluding carboxylic acids is 1. The molecular weight excluding hydrogens is 374 g/mol. The van der Waals surface area contributed by atoms with E-state index in [4.69, 9.17) is 4.74 Å². The lowest BCUT2D eigenvalue weighted by molar-refractivity contribution is -0.124. The molecule has 1 amide bonds. The molecule has 1 saturated heterocycles. The molecule has 156 valence electrons. The summed E-state index contributed by atoms with van der Waals surface area (Å²) in [6.07, 6.45) is 1.64. The summed E-state index contributed by atoms with van der Waals surface area (Å²) >= 11 is 0. The van der Waals surface area contributed by atoms with Gasteiger partial charge in [0.05, 0.1) is 0 Å². The summed E-state index contributed by atoms with van der Waals surface area (Å²) < 4.78 is 31.9. The number of nitrogens with one attached hydrogen (secondary N) is 1. The molecule has 0 atom stereocenters. The van der Waals surface area contributed by atoms with Gasteiger partial charge in [-0.15, -0.1) is 0 Å². The van der Waals surface area contributed by atoms with Crippen LogP contribution in [0.4, 0.5) is 8.78 Å². The highest BCUT2D eigenvalue weighted by molar-refractivity contribution is 5.77. The van der Waals surface area contributed by atoms with Crippen LogP contribution in [0.1, 0.15) is 43.7 Å². The van der Waals surface area contributed by atoms with Gasteiger partial charge in [0.1, 0.15) is 5.75 Å². The second-order valence-electron chi connectivity index (χ2n) is 7.88. The van der Waals surface area contributed by atoms with E-state index in [-0.39, 0.29) is 18.6 Å². The highest BCUT2D eigenvalue weighted by Gasteiger charge is 2.21. The fraction of sp³-hybridized carbons (Fsp3) is 0.435. The van der Waals surface area contributed by atoms with Crippen LogP contribution in [-0.2, 0) is 11.3 Å². The van der Waals surface area contributed by atoms with E-state index < -0.39 is 11.6 Å². The van der Waals surface area contributed by atoms with Gasteiger partial charge >= 0.3 is 0 Å². The average molecular weight is 402 g/mol. The summed E-state index contributed by atoms with van der Waals surface area (Å²) in [4.78, 5) is 14.4. The Labute approximate surface area is 170 Å². The van der Waals surface area contributed by atoms with Gasteiger partial charge in [-0.2, -0.15) is 0 Å². The number of amides is 1. The molecule has 0 spiro atoms. The molecule has 3 rings (SSSR count). The first-order chi connectivity index (χ1) is 13.9. The predicted octanol–water partition coefficient (Wildman–Crippen LogP) is 4.25. The van der Waals surface area contributed by atoms with Gasteiger partial charge in [0.2, 0.25) is 0 Å². The summed E-state index contributed by atoms with van der Waals surface area (Å²) in [5.41, 5.74) is 1.99. The van der Waals surface area contributed by atoms with Gasteiger partial charge in [0.15, 0.2) is 18.2 Å². The molecule has 1 fully saturated rings. The number of hydrogen-bond donors (Lipinski definition) is 1. The molecule has 1 N–H and O–H groups in total. The van der Waals surface area contributed by atoms with E-state index in [0.717, 1.165) is 37.6 Å². The molecule has 29 heavy (non-hydrogen) atoms. The minimum atomic E-state index is -0.826. The van der Waals surface area contributed by atoms with Crippen molar-refractivity contribution in [3.05, 3.63) is 65.2 Å². The molecule has 0 unspecified atom stereocenters. The number of benzene rings is 2. The van der Waals surface area contributed by atoms with Gasteiger partial charge in [0.25, 0.3) is 5.91 Å². The Morgan fingerprint density at radius 2 is 1.79 bits per heavy atom. The number of hydrogen-bond acceptors (Lipinski definition) is 3. The zero-order valence-electron chi connectivity index (χ0n) is 17.0. The lowest BCUT2D eigenvalue weighted by Gasteiger charge is -2.32. The maximum absolute atomic E-state index is 13.3. The van der Waals surface area contributed by atoms with Gasteiger partial charge < -0.3 is 10.1 Å². The smallest absolute Gasteiger partial charge is 0.258 e. The lowest BCUT2D eigenvalue weighted by atomic mass is 10.0. The first-order valence-corrected chi connectivity index (χ1v) is 10.1. The van der Waals surface area contributed by atoms with Crippen LogP contribution in [-0.4, -0.2) is 36.5 Å². The molecule has 2 aromatic carbocycles. The van der Waals surface area contributed by atoms with E-state index in [1.807, 2.05) is 24.3 Å². The Kier molecular flexibility index (Phi) is 7.20. The standard InChI is InChI=1S/C23H28F2N2O2/c1-16(2)18-4-6-20(7-5-18)29-15-23(28)26-19-9-11-27(12-10-19)14-17-3-8-21(24)22(25)13-17/h3-8,13,16,19H,9-12,14-15H2,1-2H3,(H,26,28). The number of carbonyl (C=O) groups is 1. The number of nitrogens with zero attached hydrogens (tertiary/aromatic N) is 1.